The van der Waals surface area contributed by atoms with Crippen molar-refractivity contribution in [2.75, 3.05) is 32.3 Å². The highest BCUT2D eigenvalue weighted by Gasteiger charge is 2.25. The minimum absolute atomic E-state index is 0.00232. The van der Waals surface area contributed by atoms with Crippen LogP contribution in [0.3, 0.4) is 0 Å². The fourth-order valence-electron chi connectivity index (χ4n) is 1.83. The van der Waals surface area contributed by atoms with Crippen molar-refractivity contribution in [3.63, 3.8) is 0 Å². The van der Waals surface area contributed by atoms with E-state index in [0.29, 0.717) is 10.6 Å². The molecule has 0 aliphatic rings. The Morgan fingerprint density at radius 1 is 1.36 bits per heavy atom. The molecule has 2 aromatic rings. The smallest absolute Gasteiger partial charge is 0.416 e. The van der Waals surface area contributed by atoms with Crippen molar-refractivity contribution in [3.05, 3.63) is 32.9 Å². The zero-order valence-electron chi connectivity index (χ0n) is 13.2. The van der Waals surface area contributed by atoms with Crippen LogP contribution in [0.5, 0.6) is 0 Å². The number of nitriles is 1. The van der Waals surface area contributed by atoms with E-state index in [0.717, 1.165) is 4.90 Å². The third kappa shape index (κ3) is 4.35. The summed E-state index contributed by atoms with van der Waals surface area (Å²) in [4.78, 5) is 17.0. The molecular weight excluding hydrogens is 393 g/mol. The molecular formula is C15H12Cl3N3O4. The second-order valence-corrected chi connectivity index (χ2v) is 5.92. The van der Waals surface area contributed by atoms with Gasteiger partial charge in [0.05, 0.1) is 22.2 Å². The van der Waals surface area contributed by atoms with E-state index in [9.17, 15) is 10.1 Å². The van der Waals surface area contributed by atoms with Crippen LogP contribution in [-0.4, -0.2) is 38.4 Å². The van der Waals surface area contributed by atoms with Crippen molar-refractivity contribution in [1.29, 1.82) is 5.26 Å². The van der Waals surface area contributed by atoms with Gasteiger partial charge in [-0.3, -0.25) is 0 Å². The molecule has 0 unspecified atom stereocenters. The lowest BCUT2D eigenvalue weighted by molar-refractivity contribution is 0.103. The van der Waals surface area contributed by atoms with Gasteiger partial charge in [0, 0.05) is 19.2 Å². The first kappa shape index (κ1) is 19.3. The predicted octanol–water partition coefficient (Wildman–Crippen LogP) is 4.39. The Labute approximate surface area is 158 Å². The maximum absolute atomic E-state index is 12.0. The summed E-state index contributed by atoms with van der Waals surface area (Å²) in [6.07, 6.45) is -0.730. The number of carbonyl (C=O) groups is 1. The Hall–Kier alpha value is -1.98. The quantitative estimate of drug-likeness (QED) is 0.542. The topological polar surface area (TPSA) is 88.6 Å². The van der Waals surface area contributed by atoms with Gasteiger partial charge in [-0.15, -0.1) is 0 Å². The number of halogens is 3. The lowest BCUT2D eigenvalue weighted by Crippen LogP contribution is -2.28. The Morgan fingerprint density at radius 2 is 2.08 bits per heavy atom. The van der Waals surface area contributed by atoms with Crippen LogP contribution >= 0.6 is 34.8 Å². The molecule has 0 saturated carbocycles. The van der Waals surface area contributed by atoms with Crippen LogP contribution in [0.25, 0.3) is 11.5 Å². The number of rotatable bonds is 5. The molecule has 0 N–H and O–H groups in total. The fraction of sp³-hybridized carbons (Fsp3) is 0.267. The highest BCUT2D eigenvalue weighted by Crippen LogP contribution is 2.38. The SMILES string of the molecule is COCCOC(=O)N(C)c1oc(-c2cc(Cl)cc(Cl)c2Cl)nc1C#N. The first-order valence-electron chi connectivity index (χ1n) is 6.84. The van der Waals surface area contributed by atoms with E-state index in [4.69, 9.17) is 48.7 Å². The molecule has 132 valence electrons. The van der Waals surface area contributed by atoms with Crippen LogP contribution in [0.1, 0.15) is 5.69 Å². The first-order chi connectivity index (χ1) is 11.9. The highest BCUT2D eigenvalue weighted by atomic mass is 35.5. The number of hydrogen-bond donors (Lipinski definition) is 0. The van der Waals surface area contributed by atoms with Crippen molar-refractivity contribution < 1.29 is 18.7 Å². The Bertz CT molecular complexity index is 832. The zero-order chi connectivity index (χ0) is 18.6. The first-order valence-corrected chi connectivity index (χ1v) is 7.97. The maximum atomic E-state index is 12.0. The number of aromatic nitrogens is 1. The number of oxazole rings is 1. The average molecular weight is 405 g/mol. The van der Waals surface area contributed by atoms with Gasteiger partial charge in [0.2, 0.25) is 17.5 Å². The molecule has 0 fully saturated rings. The molecule has 1 aromatic carbocycles. The number of methoxy groups -OCH3 is 1. The van der Waals surface area contributed by atoms with E-state index in [-0.39, 0.29) is 40.7 Å². The standard InChI is InChI=1S/C15H12Cl3N3O4/c1-21(15(22)24-4-3-23-2)14-11(7-19)20-13(25-14)9-5-8(16)6-10(17)12(9)18/h5-6H,3-4H2,1-2H3. The molecule has 1 aromatic heterocycles. The van der Waals surface area contributed by atoms with Crippen LogP contribution < -0.4 is 4.90 Å². The van der Waals surface area contributed by atoms with E-state index < -0.39 is 6.09 Å². The van der Waals surface area contributed by atoms with Gasteiger partial charge < -0.3 is 13.9 Å². The molecule has 25 heavy (non-hydrogen) atoms. The van der Waals surface area contributed by atoms with Gasteiger partial charge in [-0.2, -0.15) is 10.2 Å². The van der Waals surface area contributed by atoms with Gasteiger partial charge in [0.1, 0.15) is 12.7 Å². The zero-order valence-corrected chi connectivity index (χ0v) is 15.4. The monoisotopic (exact) mass is 403 g/mol. The summed E-state index contributed by atoms with van der Waals surface area (Å²) in [5.41, 5.74) is 0.177. The number of amides is 1. The van der Waals surface area contributed by atoms with E-state index in [1.165, 1.54) is 26.3 Å². The minimum atomic E-state index is -0.730. The number of benzene rings is 1. The van der Waals surface area contributed by atoms with Gasteiger partial charge in [-0.1, -0.05) is 34.8 Å². The van der Waals surface area contributed by atoms with E-state index >= 15 is 0 Å². The average Bonchev–Trinajstić information content (AvgIpc) is 3.01. The summed E-state index contributed by atoms with van der Waals surface area (Å²) in [6.45, 7) is 0.293. The summed E-state index contributed by atoms with van der Waals surface area (Å²) >= 11 is 18.1. The largest absolute Gasteiger partial charge is 0.447 e. The number of anilines is 1. The molecule has 10 heteroatoms. The van der Waals surface area contributed by atoms with Crippen molar-refractivity contribution in [3.8, 4) is 17.5 Å². The van der Waals surface area contributed by atoms with Crippen molar-refractivity contribution in [2.24, 2.45) is 0 Å². The molecule has 7 nitrogen and oxygen atoms in total. The Morgan fingerprint density at radius 3 is 2.72 bits per heavy atom. The van der Waals surface area contributed by atoms with Gasteiger partial charge in [-0.25, -0.2) is 9.69 Å². The van der Waals surface area contributed by atoms with Crippen LogP contribution in [0, 0.1) is 11.3 Å². The second kappa shape index (κ2) is 8.41. The fourth-order valence-corrected chi connectivity index (χ4v) is 2.51. The molecule has 0 atom stereocenters. The molecule has 0 spiro atoms. The number of carbonyl (C=O) groups excluding carboxylic acids is 1. The van der Waals surface area contributed by atoms with E-state index in [2.05, 4.69) is 4.98 Å². The summed E-state index contributed by atoms with van der Waals surface area (Å²) in [7, 11) is 2.86. The van der Waals surface area contributed by atoms with Gasteiger partial charge in [-0.05, 0) is 12.1 Å². The lowest BCUT2D eigenvalue weighted by atomic mass is 10.2. The number of ether oxygens (including phenoxy) is 2. The van der Waals surface area contributed by atoms with Gasteiger partial charge in [0.15, 0.2) is 0 Å². The molecule has 2 rings (SSSR count). The molecule has 0 bridgehead atoms. The van der Waals surface area contributed by atoms with E-state index in [1.807, 2.05) is 6.07 Å². The Kier molecular flexibility index (Phi) is 6.51. The van der Waals surface area contributed by atoms with Crippen LogP contribution in [0.4, 0.5) is 10.7 Å². The van der Waals surface area contributed by atoms with Gasteiger partial charge in [0.25, 0.3) is 0 Å². The van der Waals surface area contributed by atoms with E-state index in [1.54, 1.807) is 0 Å². The van der Waals surface area contributed by atoms with Crippen molar-refractivity contribution in [1.82, 2.24) is 4.98 Å². The van der Waals surface area contributed by atoms with Gasteiger partial charge >= 0.3 is 6.09 Å². The molecule has 1 heterocycles. The normalized spacial score (nSPS) is 10.4. The maximum Gasteiger partial charge on any atom is 0.416 e. The summed E-state index contributed by atoms with van der Waals surface area (Å²) in [5.74, 6) is -0.0930. The van der Waals surface area contributed by atoms with Crippen LogP contribution in [0.15, 0.2) is 16.5 Å². The van der Waals surface area contributed by atoms with Crippen LogP contribution in [0.2, 0.25) is 15.1 Å². The Balaban J connectivity index is 2.37. The molecule has 0 radical (unpaired) electrons. The third-order valence-electron chi connectivity index (χ3n) is 3.03. The summed E-state index contributed by atoms with van der Waals surface area (Å²) < 4.78 is 15.3. The summed E-state index contributed by atoms with van der Waals surface area (Å²) in [6, 6.07) is 4.80. The third-order valence-corrected chi connectivity index (χ3v) is 4.05. The molecule has 1 amide bonds. The molecule has 0 aliphatic carbocycles. The molecule has 0 aliphatic heterocycles. The van der Waals surface area contributed by atoms with Crippen molar-refractivity contribution >= 4 is 46.8 Å². The second-order valence-electron chi connectivity index (χ2n) is 4.70. The molecule has 0 saturated heterocycles. The van der Waals surface area contributed by atoms with Crippen molar-refractivity contribution in [2.45, 2.75) is 0 Å². The van der Waals surface area contributed by atoms with Crippen LogP contribution in [-0.2, 0) is 9.47 Å². The number of hydrogen-bond acceptors (Lipinski definition) is 6. The summed E-state index contributed by atoms with van der Waals surface area (Å²) in [5, 5.41) is 9.92. The number of nitrogens with zero attached hydrogens (tertiary/aromatic N) is 3. The predicted molar refractivity (Wildman–Crippen MR) is 93.3 cm³/mol. The minimum Gasteiger partial charge on any atom is -0.447 e. The lowest BCUT2D eigenvalue weighted by Gasteiger charge is -2.13. The highest BCUT2D eigenvalue weighted by molar-refractivity contribution is 6.44.